The zero-order valence-electron chi connectivity index (χ0n) is 7.21. The Bertz CT molecular complexity index is 422. The summed E-state index contributed by atoms with van der Waals surface area (Å²) in [5, 5.41) is 0.576. The van der Waals surface area contributed by atoms with Crippen LogP contribution < -0.4 is 0 Å². The number of rotatable bonds is 2. The van der Waals surface area contributed by atoms with Crippen LogP contribution in [0, 0.1) is 5.82 Å². The summed E-state index contributed by atoms with van der Waals surface area (Å²) in [5.74, 6) is 1.40. The van der Waals surface area contributed by atoms with E-state index >= 15 is 0 Å². The van der Waals surface area contributed by atoms with E-state index in [0.29, 0.717) is 11.0 Å². The summed E-state index contributed by atoms with van der Waals surface area (Å²) in [6.45, 7) is 0. The molecule has 1 nitrogen and oxygen atoms in total. The molecule has 1 heterocycles. The van der Waals surface area contributed by atoms with Gasteiger partial charge < -0.3 is 4.42 Å². The van der Waals surface area contributed by atoms with Crippen molar-refractivity contribution < 1.29 is 8.81 Å². The summed E-state index contributed by atoms with van der Waals surface area (Å²) < 4.78 is 18.6. The van der Waals surface area contributed by atoms with E-state index in [1.807, 2.05) is 6.26 Å². The normalized spacial score (nSPS) is 10.9. The molecule has 0 unspecified atom stereocenters. The molecule has 1 aromatic heterocycles. The molecule has 0 amide bonds. The van der Waals surface area contributed by atoms with Crippen LogP contribution in [0.1, 0.15) is 5.76 Å². The van der Waals surface area contributed by atoms with Gasteiger partial charge in [0, 0.05) is 0 Å². The predicted molar refractivity (Wildman–Crippen MR) is 53.4 cm³/mol. The maximum absolute atomic E-state index is 13.2. The molecule has 2 aromatic rings. The number of halogens is 1. The fourth-order valence-corrected chi connectivity index (χ4v) is 1.72. The Kier molecular flexibility index (Phi) is 2.27. The molecule has 0 N–H and O–H groups in total. The van der Waals surface area contributed by atoms with Crippen molar-refractivity contribution in [2.45, 2.75) is 5.75 Å². The van der Waals surface area contributed by atoms with Crippen LogP contribution in [0.4, 0.5) is 4.39 Å². The van der Waals surface area contributed by atoms with Gasteiger partial charge in [0.15, 0.2) is 0 Å². The molecule has 0 saturated heterocycles. The molecule has 0 aliphatic heterocycles. The highest BCUT2D eigenvalue weighted by molar-refractivity contribution is 7.97. The van der Waals surface area contributed by atoms with Crippen molar-refractivity contribution in [3.8, 4) is 0 Å². The van der Waals surface area contributed by atoms with Crippen molar-refractivity contribution in [2.75, 3.05) is 6.26 Å². The first-order valence-corrected chi connectivity index (χ1v) is 5.36. The van der Waals surface area contributed by atoms with E-state index in [0.717, 1.165) is 11.5 Å². The second-order valence-electron chi connectivity index (χ2n) is 2.80. The Labute approximate surface area is 79.9 Å². The SMILES string of the molecule is CSCc1cc2c(F)cccc2o1. The van der Waals surface area contributed by atoms with E-state index in [4.69, 9.17) is 4.42 Å². The summed E-state index contributed by atoms with van der Waals surface area (Å²) >= 11 is 1.66. The van der Waals surface area contributed by atoms with Gasteiger partial charge in [-0.3, -0.25) is 0 Å². The number of hydrogen-bond donors (Lipinski definition) is 0. The summed E-state index contributed by atoms with van der Waals surface area (Å²) in [6.07, 6.45) is 1.99. The number of benzene rings is 1. The Balaban J connectivity index is 2.55. The van der Waals surface area contributed by atoms with Crippen molar-refractivity contribution >= 4 is 22.7 Å². The summed E-state index contributed by atoms with van der Waals surface area (Å²) in [6, 6.07) is 6.65. The van der Waals surface area contributed by atoms with Crippen LogP contribution in [-0.4, -0.2) is 6.26 Å². The quantitative estimate of drug-likeness (QED) is 0.730. The highest BCUT2D eigenvalue weighted by atomic mass is 32.2. The third-order valence-electron chi connectivity index (χ3n) is 1.85. The Morgan fingerprint density at radius 3 is 3.00 bits per heavy atom. The molecule has 0 atom stereocenters. The Morgan fingerprint density at radius 1 is 1.46 bits per heavy atom. The van der Waals surface area contributed by atoms with Gasteiger partial charge >= 0.3 is 0 Å². The highest BCUT2D eigenvalue weighted by Gasteiger charge is 2.06. The zero-order chi connectivity index (χ0) is 9.26. The standard InChI is InChI=1S/C10H9FOS/c1-13-6-7-5-8-9(11)3-2-4-10(8)12-7/h2-5H,6H2,1H3. The number of thioether (sulfide) groups is 1. The van der Waals surface area contributed by atoms with Crippen molar-refractivity contribution in [1.82, 2.24) is 0 Å². The lowest BCUT2D eigenvalue weighted by atomic mass is 10.2. The number of fused-ring (bicyclic) bond motifs is 1. The van der Waals surface area contributed by atoms with E-state index in [1.54, 1.807) is 30.0 Å². The third kappa shape index (κ3) is 1.56. The molecule has 0 bridgehead atoms. The van der Waals surface area contributed by atoms with Crippen molar-refractivity contribution in [1.29, 1.82) is 0 Å². The monoisotopic (exact) mass is 196 g/mol. The van der Waals surface area contributed by atoms with Gasteiger partial charge in [0.1, 0.15) is 17.2 Å². The summed E-state index contributed by atoms with van der Waals surface area (Å²) in [5.41, 5.74) is 0.629. The van der Waals surface area contributed by atoms with Gasteiger partial charge in [-0.2, -0.15) is 11.8 Å². The van der Waals surface area contributed by atoms with Crippen LogP contribution >= 0.6 is 11.8 Å². The molecule has 3 heteroatoms. The number of furan rings is 1. The number of hydrogen-bond acceptors (Lipinski definition) is 2. The predicted octanol–water partition coefficient (Wildman–Crippen LogP) is 3.43. The molecule has 0 saturated carbocycles. The van der Waals surface area contributed by atoms with Crippen LogP contribution in [0.5, 0.6) is 0 Å². The van der Waals surface area contributed by atoms with Gasteiger partial charge in [-0.05, 0) is 24.5 Å². The Morgan fingerprint density at radius 2 is 2.31 bits per heavy atom. The maximum Gasteiger partial charge on any atom is 0.137 e. The zero-order valence-corrected chi connectivity index (χ0v) is 8.03. The van der Waals surface area contributed by atoms with E-state index in [1.165, 1.54) is 6.07 Å². The van der Waals surface area contributed by atoms with Gasteiger partial charge in [0.05, 0.1) is 11.1 Å². The first-order valence-electron chi connectivity index (χ1n) is 3.97. The van der Waals surface area contributed by atoms with Gasteiger partial charge in [-0.1, -0.05) is 6.07 Å². The smallest absolute Gasteiger partial charge is 0.137 e. The summed E-state index contributed by atoms with van der Waals surface area (Å²) in [7, 11) is 0. The van der Waals surface area contributed by atoms with E-state index in [-0.39, 0.29) is 5.82 Å². The molecule has 2 rings (SSSR count). The average Bonchev–Trinajstić information content (AvgIpc) is 2.49. The first-order chi connectivity index (χ1) is 6.31. The maximum atomic E-state index is 13.2. The topological polar surface area (TPSA) is 13.1 Å². The second kappa shape index (κ2) is 3.42. The van der Waals surface area contributed by atoms with Crippen LogP contribution in [0.2, 0.25) is 0 Å². The molecule has 0 aliphatic rings. The summed E-state index contributed by atoms with van der Waals surface area (Å²) in [4.78, 5) is 0. The van der Waals surface area contributed by atoms with Gasteiger partial charge in [0.25, 0.3) is 0 Å². The van der Waals surface area contributed by atoms with Crippen molar-refractivity contribution in [3.05, 3.63) is 35.8 Å². The fraction of sp³-hybridized carbons (Fsp3) is 0.200. The van der Waals surface area contributed by atoms with Crippen LogP contribution in [-0.2, 0) is 5.75 Å². The fourth-order valence-electron chi connectivity index (χ4n) is 1.29. The Hall–Kier alpha value is -0.960. The van der Waals surface area contributed by atoms with Crippen molar-refractivity contribution in [3.63, 3.8) is 0 Å². The largest absolute Gasteiger partial charge is 0.460 e. The minimum absolute atomic E-state index is 0.214. The molecule has 68 valence electrons. The molecule has 0 spiro atoms. The highest BCUT2D eigenvalue weighted by Crippen LogP contribution is 2.23. The second-order valence-corrected chi connectivity index (χ2v) is 3.66. The molecule has 13 heavy (non-hydrogen) atoms. The first kappa shape index (κ1) is 8.63. The van der Waals surface area contributed by atoms with Gasteiger partial charge in [-0.25, -0.2) is 4.39 Å². The van der Waals surface area contributed by atoms with Crippen LogP contribution in [0.3, 0.4) is 0 Å². The lowest BCUT2D eigenvalue weighted by Crippen LogP contribution is -1.71. The molecule has 0 aliphatic carbocycles. The molecular formula is C10H9FOS. The van der Waals surface area contributed by atoms with E-state index in [2.05, 4.69) is 0 Å². The minimum Gasteiger partial charge on any atom is -0.460 e. The van der Waals surface area contributed by atoms with Gasteiger partial charge in [0.2, 0.25) is 0 Å². The molecule has 0 radical (unpaired) electrons. The van der Waals surface area contributed by atoms with E-state index < -0.39 is 0 Å². The van der Waals surface area contributed by atoms with Gasteiger partial charge in [-0.15, -0.1) is 0 Å². The van der Waals surface area contributed by atoms with Crippen molar-refractivity contribution in [2.24, 2.45) is 0 Å². The minimum atomic E-state index is -0.214. The molecule has 1 aromatic carbocycles. The van der Waals surface area contributed by atoms with Crippen LogP contribution in [0.15, 0.2) is 28.7 Å². The molecule has 0 fully saturated rings. The molecular weight excluding hydrogens is 187 g/mol. The van der Waals surface area contributed by atoms with E-state index in [9.17, 15) is 4.39 Å². The average molecular weight is 196 g/mol. The lowest BCUT2D eigenvalue weighted by molar-refractivity contribution is 0.572. The van der Waals surface area contributed by atoms with Crippen LogP contribution in [0.25, 0.3) is 11.0 Å². The third-order valence-corrected chi connectivity index (χ3v) is 2.42. The lowest BCUT2D eigenvalue weighted by Gasteiger charge is -1.88.